The summed E-state index contributed by atoms with van der Waals surface area (Å²) in [6.45, 7) is 1.97. The molecule has 0 bridgehead atoms. The fourth-order valence-electron chi connectivity index (χ4n) is 1.52. The zero-order chi connectivity index (χ0) is 14.0. The first-order valence-electron chi connectivity index (χ1n) is 5.53. The molecule has 3 nitrogen and oxygen atoms in total. The Bertz CT molecular complexity index is 643. The first-order valence-corrected chi connectivity index (χ1v) is 6.70. The van der Waals surface area contributed by atoms with E-state index in [0.717, 1.165) is 10.0 Å². The summed E-state index contributed by atoms with van der Waals surface area (Å²) in [5.41, 5.74) is 2.16. The lowest BCUT2D eigenvalue weighted by Crippen LogP contribution is -2.11. The molecule has 0 atom stereocenters. The van der Waals surface area contributed by atoms with Gasteiger partial charge in [-0.05, 0) is 42.8 Å². The molecule has 0 saturated heterocycles. The predicted molar refractivity (Wildman–Crippen MR) is 79.9 cm³/mol. The molecule has 2 N–H and O–H groups in total. The number of phenols is 1. The molecule has 0 aliphatic rings. The number of amides is 1. The van der Waals surface area contributed by atoms with E-state index in [0.29, 0.717) is 11.3 Å². The van der Waals surface area contributed by atoms with Gasteiger partial charge in [-0.15, -0.1) is 0 Å². The van der Waals surface area contributed by atoms with Crippen molar-refractivity contribution < 1.29 is 9.90 Å². The van der Waals surface area contributed by atoms with Gasteiger partial charge in [-0.25, -0.2) is 0 Å². The first-order chi connectivity index (χ1) is 8.97. The summed E-state index contributed by atoms with van der Waals surface area (Å²) in [6, 6.07) is 9.89. The smallest absolute Gasteiger partial charge is 0.255 e. The van der Waals surface area contributed by atoms with Gasteiger partial charge in [-0.2, -0.15) is 0 Å². The van der Waals surface area contributed by atoms with E-state index in [-0.39, 0.29) is 16.7 Å². The van der Waals surface area contributed by atoms with Crippen LogP contribution in [0.3, 0.4) is 0 Å². The van der Waals surface area contributed by atoms with Crippen LogP contribution in [0.25, 0.3) is 0 Å². The molecule has 0 aliphatic heterocycles. The summed E-state index contributed by atoms with van der Waals surface area (Å²) < 4.78 is 0.925. The minimum absolute atomic E-state index is 0.0451. The highest BCUT2D eigenvalue weighted by atomic mass is 79.9. The minimum atomic E-state index is -0.280. The van der Waals surface area contributed by atoms with Crippen LogP contribution < -0.4 is 5.32 Å². The summed E-state index contributed by atoms with van der Waals surface area (Å²) in [6.07, 6.45) is 0. The van der Waals surface area contributed by atoms with Crippen molar-refractivity contribution >= 4 is 39.1 Å². The van der Waals surface area contributed by atoms with Crippen molar-refractivity contribution in [2.45, 2.75) is 6.92 Å². The molecule has 2 aromatic carbocycles. The average molecular weight is 341 g/mol. The summed E-state index contributed by atoms with van der Waals surface area (Å²) in [7, 11) is 0. The van der Waals surface area contributed by atoms with Crippen LogP contribution >= 0.6 is 27.5 Å². The second kappa shape index (κ2) is 5.63. The van der Waals surface area contributed by atoms with E-state index in [4.69, 9.17) is 11.6 Å². The lowest BCUT2D eigenvalue weighted by Gasteiger charge is -2.07. The van der Waals surface area contributed by atoms with E-state index in [1.807, 2.05) is 25.1 Å². The Morgan fingerprint density at radius 3 is 2.63 bits per heavy atom. The highest BCUT2D eigenvalue weighted by Gasteiger charge is 2.09. The lowest BCUT2D eigenvalue weighted by atomic mass is 10.2. The summed E-state index contributed by atoms with van der Waals surface area (Å²) in [5.74, 6) is -0.325. The summed E-state index contributed by atoms with van der Waals surface area (Å²) >= 11 is 9.18. The quantitative estimate of drug-likeness (QED) is 0.853. The largest absolute Gasteiger partial charge is 0.506 e. The third-order valence-electron chi connectivity index (χ3n) is 2.64. The second-order valence-corrected chi connectivity index (χ2v) is 5.35. The number of aromatic hydroxyl groups is 1. The van der Waals surface area contributed by atoms with E-state index >= 15 is 0 Å². The molecule has 0 radical (unpaired) electrons. The van der Waals surface area contributed by atoms with Crippen LogP contribution in [0.5, 0.6) is 5.75 Å². The zero-order valence-electron chi connectivity index (χ0n) is 10.1. The molecule has 0 aromatic heterocycles. The van der Waals surface area contributed by atoms with Crippen molar-refractivity contribution in [2.24, 2.45) is 0 Å². The van der Waals surface area contributed by atoms with Crippen LogP contribution in [0.4, 0.5) is 5.69 Å². The number of rotatable bonds is 2. The third kappa shape index (κ3) is 3.28. The molecule has 0 fully saturated rings. The van der Waals surface area contributed by atoms with Gasteiger partial charge < -0.3 is 10.4 Å². The molecular weight excluding hydrogens is 330 g/mol. The monoisotopic (exact) mass is 339 g/mol. The van der Waals surface area contributed by atoms with Crippen LogP contribution in [-0.4, -0.2) is 11.0 Å². The zero-order valence-corrected chi connectivity index (χ0v) is 12.4. The average Bonchev–Trinajstić information content (AvgIpc) is 2.37. The minimum Gasteiger partial charge on any atom is -0.506 e. The van der Waals surface area contributed by atoms with E-state index in [1.165, 1.54) is 18.2 Å². The molecule has 0 saturated carbocycles. The number of hydrogen-bond acceptors (Lipinski definition) is 2. The van der Waals surface area contributed by atoms with Gasteiger partial charge in [-0.3, -0.25) is 4.79 Å². The van der Waals surface area contributed by atoms with Gasteiger partial charge in [0.2, 0.25) is 0 Å². The Hall–Kier alpha value is -1.52. The molecule has 98 valence electrons. The van der Waals surface area contributed by atoms with Crippen molar-refractivity contribution in [3.63, 3.8) is 0 Å². The molecule has 19 heavy (non-hydrogen) atoms. The number of benzene rings is 2. The molecule has 2 rings (SSSR count). The van der Waals surface area contributed by atoms with Gasteiger partial charge in [0.05, 0.1) is 5.02 Å². The Labute approximate surface area is 124 Å². The standard InChI is InChI=1S/C14H11BrClNO2/c1-8-2-4-10(7-11(8)15)17-14(19)9-3-5-13(18)12(16)6-9/h2-7,18H,1H3,(H,17,19). The van der Waals surface area contributed by atoms with E-state index in [2.05, 4.69) is 21.2 Å². The highest BCUT2D eigenvalue weighted by Crippen LogP contribution is 2.25. The fraction of sp³-hybridized carbons (Fsp3) is 0.0714. The molecule has 0 aliphatic carbocycles. The maximum absolute atomic E-state index is 12.0. The number of halogens is 2. The summed E-state index contributed by atoms with van der Waals surface area (Å²) in [5, 5.41) is 12.2. The number of carbonyl (C=O) groups excluding carboxylic acids is 1. The van der Waals surface area contributed by atoms with Crippen LogP contribution in [0.15, 0.2) is 40.9 Å². The molecule has 0 unspecified atom stereocenters. The molecule has 0 spiro atoms. The van der Waals surface area contributed by atoms with Gasteiger partial charge in [0.25, 0.3) is 5.91 Å². The van der Waals surface area contributed by atoms with Gasteiger partial charge in [0.15, 0.2) is 0 Å². The van der Waals surface area contributed by atoms with Crippen LogP contribution in [-0.2, 0) is 0 Å². The third-order valence-corrected chi connectivity index (χ3v) is 3.80. The van der Waals surface area contributed by atoms with Crippen LogP contribution in [0.2, 0.25) is 5.02 Å². The Kier molecular flexibility index (Phi) is 4.12. The van der Waals surface area contributed by atoms with Crippen molar-refractivity contribution in [3.05, 3.63) is 57.0 Å². The number of phenolic OH excluding ortho intramolecular Hbond substituents is 1. The van der Waals surface area contributed by atoms with Crippen molar-refractivity contribution in [2.75, 3.05) is 5.32 Å². The Morgan fingerprint density at radius 1 is 1.26 bits per heavy atom. The number of anilines is 1. The highest BCUT2D eigenvalue weighted by molar-refractivity contribution is 9.10. The second-order valence-electron chi connectivity index (χ2n) is 4.08. The molecule has 1 amide bonds. The van der Waals surface area contributed by atoms with Crippen LogP contribution in [0, 0.1) is 6.92 Å². The van der Waals surface area contributed by atoms with Gasteiger partial charge in [-0.1, -0.05) is 33.6 Å². The van der Waals surface area contributed by atoms with Gasteiger partial charge in [0.1, 0.15) is 5.75 Å². The van der Waals surface area contributed by atoms with E-state index in [9.17, 15) is 9.90 Å². The number of carbonyl (C=O) groups is 1. The normalized spacial score (nSPS) is 10.3. The molecule has 2 aromatic rings. The van der Waals surface area contributed by atoms with Crippen molar-refractivity contribution in [3.8, 4) is 5.75 Å². The topological polar surface area (TPSA) is 49.3 Å². The van der Waals surface area contributed by atoms with Crippen molar-refractivity contribution in [1.29, 1.82) is 0 Å². The number of aryl methyl sites for hydroxylation is 1. The number of nitrogens with one attached hydrogen (secondary N) is 1. The lowest BCUT2D eigenvalue weighted by molar-refractivity contribution is 0.102. The maximum atomic E-state index is 12.0. The predicted octanol–water partition coefficient (Wildman–Crippen LogP) is 4.37. The summed E-state index contributed by atoms with van der Waals surface area (Å²) in [4.78, 5) is 12.0. The Balaban J connectivity index is 2.20. The van der Waals surface area contributed by atoms with Crippen LogP contribution in [0.1, 0.15) is 15.9 Å². The van der Waals surface area contributed by atoms with Gasteiger partial charge >= 0.3 is 0 Å². The van der Waals surface area contributed by atoms with Gasteiger partial charge in [0, 0.05) is 15.7 Å². The molecular formula is C14H11BrClNO2. The van der Waals surface area contributed by atoms with E-state index < -0.39 is 0 Å². The van der Waals surface area contributed by atoms with E-state index in [1.54, 1.807) is 0 Å². The SMILES string of the molecule is Cc1ccc(NC(=O)c2ccc(O)c(Cl)c2)cc1Br. The van der Waals surface area contributed by atoms with Crippen molar-refractivity contribution in [1.82, 2.24) is 0 Å². The maximum Gasteiger partial charge on any atom is 0.255 e. The molecule has 0 heterocycles. The first kappa shape index (κ1) is 13.9. The number of hydrogen-bond donors (Lipinski definition) is 2. The fourth-order valence-corrected chi connectivity index (χ4v) is 2.08. The molecule has 5 heteroatoms. The Morgan fingerprint density at radius 2 is 2.00 bits per heavy atom.